The molecule has 0 amide bonds. The molecule has 108 valence electrons. The van der Waals surface area contributed by atoms with Gasteiger partial charge >= 0.3 is 0 Å². The largest absolute Gasteiger partial charge is 0.0996 e. The Kier molecular flexibility index (Phi) is 4.00. The van der Waals surface area contributed by atoms with Gasteiger partial charge in [-0.2, -0.15) is 0 Å². The zero-order valence-corrected chi connectivity index (χ0v) is 13.7. The molecule has 0 aliphatic heterocycles. The minimum Gasteiger partial charge on any atom is -0.0996 e. The van der Waals surface area contributed by atoms with Gasteiger partial charge in [0.05, 0.1) is 0 Å². The van der Waals surface area contributed by atoms with E-state index in [0.717, 1.165) is 18.3 Å². The molecule has 0 aromatic heterocycles. The molecule has 0 aromatic carbocycles. The monoisotopic (exact) mass is 260 g/mol. The highest BCUT2D eigenvalue weighted by molar-refractivity contribution is 5.37. The summed E-state index contributed by atoms with van der Waals surface area (Å²) in [5, 5.41) is 0. The molecule has 0 nitrogen and oxygen atoms in total. The summed E-state index contributed by atoms with van der Waals surface area (Å²) in [5.74, 6) is 1.48. The SMILES string of the molecule is C=C(CC)C(CCC)C1C=C2C(C)(C)CCC[C@@]21C. The van der Waals surface area contributed by atoms with Crippen LogP contribution in [-0.2, 0) is 0 Å². The predicted molar refractivity (Wildman–Crippen MR) is 85.1 cm³/mol. The van der Waals surface area contributed by atoms with Crippen molar-refractivity contribution in [3.63, 3.8) is 0 Å². The lowest BCUT2D eigenvalue weighted by molar-refractivity contribution is 0.0797. The van der Waals surface area contributed by atoms with Crippen LogP contribution in [0.4, 0.5) is 0 Å². The van der Waals surface area contributed by atoms with E-state index in [0.29, 0.717) is 10.8 Å². The van der Waals surface area contributed by atoms with Gasteiger partial charge in [0.2, 0.25) is 0 Å². The molecular weight excluding hydrogens is 228 g/mol. The lowest BCUT2D eigenvalue weighted by atomic mass is 9.46. The van der Waals surface area contributed by atoms with E-state index in [-0.39, 0.29) is 0 Å². The third-order valence-corrected chi connectivity index (χ3v) is 5.94. The first-order chi connectivity index (χ1) is 8.86. The second-order valence-corrected chi connectivity index (χ2v) is 7.67. The van der Waals surface area contributed by atoms with Gasteiger partial charge in [0.1, 0.15) is 0 Å². The molecule has 2 aliphatic rings. The third kappa shape index (κ3) is 2.32. The van der Waals surface area contributed by atoms with Crippen molar-refractivity contribution >= 4 is 0 Å². The number of rotatable bonds is 5. The average Bonchev–Trinajstić information content (AvgIpc) is 2.33. The summed E-state index contributed by atoms with van der Waals surface area (Å²) in [6, 6.07) is 0. The van der Waals surface area contributed by atoms with Crippen LogP contribution >= 0.6 is 0 Å². The fourth-order valence-electron chi connectivity index (χ4n) is 4.74. The van der Waals surface area contributed by atoms with Gasteiger partial charge in [-0.15, -0.1) is 0 Å². The fourth-order valence-corrected chi connectivity index (χ4v) is 4.74. The van der Waals surface area contributed by atoms with Crippen LogP contribution in [0, 0.1) is 22.7 Å². The van der Waals surface area contributed by atoms with E-state index >= 15 is 0 Å². The molecule has 0 radical (unpaired) electrons. The van der Waals surface area contributed by atoms with Gasteiger partial charge in [0, 0.05) is 0 Å². The number of hydrogen-bond donors (Lipinski definition) is 0. The van der Waals surface area contributed by atoms with Crippen LogP contribution in [0.5, 0.6) is 0 Å². The molecule has 0 bridgehead atoms. The first kappa shape index (κ1) is 14.9. The molecule has 3 atom stereocenters. The normalized spacial score (nSPS) is 33.9. The summed E-state index contributed by atoms with van der Waals surface area (Å²) in [4.78, 5) is 0. The van der Waals surface area contributed by atoms with E-state index in [9.17, 15) is 0 Å². The second kappa shape index (κ2) is 5.11. The zero-order valence-electron chi connectivity index (χ0n) is 13.7. The summed E-state index contributed by atoms with van der Waals surface area (Å²) in [6.45, 7) is 16.4. The molecule has 0 heterocycles. The third-order valence-electron chi connectivity index (χ3n) is 5.94. The molecule has 0 aromatic rings. The summed E-state index contributed by atoms with van der Waals surface area (Å²) in [6.07, 6.45) is 10.5. The summed E-state index contributed by atoms with van der Waals surface area (Å²) in [7, 11) is 0. The molecule has 2 rings (SSSR count). The van der Waals surface area contributed by atoms with Crippen molar-refractivity contribution in [1.82, 2.24) is 0 Å². The van der Waals surface area contributed by atoms with E-state index in [1.807, 2.05) is 0 Å². The number of fused-ring (bicyclic) bond motifs is 1. The molecular formula is C19H32. The van der Waals surface area contributed by atoms with E-state index in [1.54, 1.807) is 5.57 Å². The molecule has 0 N–H and O–H groups in total. The van der Waals surface area contributed by atoms with E-state index in [1.165, 1.54) is 37.7 Å². The molecule has 1 fully saturated rings. The van der Waals surface area contributed by atoms with Crippen molar-refractivity contribution in [2.75, 3.05) is 0 Å². The Morgan fingerprint density at radius 3 is 2.58 bits per heavy atom. The molecule has 19 heavy (non-hydrogen) atoms. The standard InChI is InChI=1S/C19H32/c1-7-10-15(14(3)8-2)16-13-17-18(4,5)11-9-12-19(16,17)6/h13,15-16H,3,7-12H2,1-2,4-6H3/t15?,16?,19-/m1/s1. The van der Waals surface area contributed by atoms with Gasteiger partial charge in [-0.05, 0) is 48.3 Å². The van der Waals surface area contributed by atoms with Crippen molar-refractivity contribution in [3.8, 4) is 0 Å². The van der Waals surface area contributed by atoms with Crippen LogP contribution in [0.25, 0.3) is 0 Å². The Balaban J connectivity index is 2.27. The second-order valence-electron chi connectivity index (χ2n) is 7.67. The van der Waals surface area contributed by atoms with E-state index in [2.05, 4.69) is 47.3 Å². The van der Waals surface area contributed by atoms with Crippen LogP contribution in [0.1, 0.15) is 73.1 Å². The van der Waals surface area contributed by atoms with Crippen LogP contribution in [0.15, 0.2) is 23.8 Å². The lowest BCUT2D eigenvalue weighted by Crippen LogP contribution is -2.49. The van der Waals surface area contributed by atoms with Gasteiger partial charge in [0.25, 0.3) is 0 Å². The van der Waals surface area contributed by atoms with Crippen molar-refractivity contribution in [2.24, 2.45) is 22.7 Å². The van der Waals surface area contributed by atoms with Crippen molar-refractivity contribution in [3.05, 3.63) is 23.8 Å². The summed E-state index contributed by atoms with van der Waals surface area (Å²) < 4.78 is 0. The molecule has 2 unspecified atom stereocenters. The molecule has 0 spiro atoms. The van der Waals surface area contributed by atoms with Gasteiger partial charge in [-0.25, -0.2) is 0 Å². The van der Waals surface area contributed by atoms with Gasteiger partial charge in [0.15, 0.2) is 0 Å². The van der Waals surface area contributed by atoms with Crippen LogP contribution in [0.2, 0.25) is 0 Å². The first-order valence-corrected chi connectivity index (χ1v) is 8.27. The topological polar surface area (TPSA) is 0 Å². The molecule has 1 saturated carbocycles. The number of hydrogen-bond acceptors (Lipinski definition) is 0. The van der Waals surface area contributed by atoms with Crippen molar-refractivity contribution < 1.29 is 0 Å². The average molecular weight is 260 g/mol. The van der Waals surface area contributed by atoms with Crippen molar-refractivity contribution in [2.45, 2.75) is 73.1 Å². The van der Waals surface area contributed by atoms with Gasteiger partial charge in [-0.3, -0.25) is 0 Å². The Morgan fingerprint density at radius 1 is 1.32 bits per heavy atom. The predicted octanol–water partition coefficient (Wildman–Crippen LogP) is 6.14. The van der Waals surface area contributed by atoms with E-state index < -0.39 is 0 Å². The maximum Gasteiger partial charge on any atom is -0.00424 e. The summed E-state index contributed by atoms with van der Waals surface area (Å²) in [5.41, 5.74) is 4.14. The minimum absolute atomic E-state index is 0.438. The maximum atomic E-state index is 4.37. The Labute approximate surface area is 120 Å². The zero-order chi connectivity index (χ0) is 14.3. The molecule has 2 aliphatic carbocycles. The molecule has 0 heteroatoms. The highest BCUT2D eigenvalue weighted by Gasteiger charge is 2.53. The van der Waals surface area contributed by atoms with E-state index in [4.69, 9.17) is 0 Å². The summed E-state index contributed by atoms with van der Waals surface area (Å²) >= 11 is 0. The Hall–Kier alpha value is -0.520. The van der Waals surface area contributed by atoms with Gasteiger partial charge in [-0.1, -0.05) is 71.3 Å². The number of allylic oxidation sites excluding steroid dienone is 3. The molecule has 0 saturated heterocycles. The van der Waals surface area contributed by atoms with Crippen LogP contribution in [-0.4, -0.2) is 0 Å². The smallest absolute Gasteiger partial charge is 0.00424 e. The highest BCUT2D eigenvalue weighted by Crippen LogP contribution is 2.63. The van der Waals surface area contributed by atoms with Crippen LogP contribution < -0.4 is 0 Å². The van der Waals surface area contributed by atoms with Gasteiger partial charge < -0.3 is 0 Å². The fraction of sp³-hybridized carbons (Fsp3) is 0.789. The Morgan fingerprint density at radius 2 is 2.00 bits per heavy atom. The van der Waals surface area contributed by atoms with Crippen molar-refractivity contribution in [1.29, 1.82) is 0 Å². The minimum atomic E-state index is 0.438. The quantitative estimate of drug-likeness (QED) is 0.521. The highest BCUT2D eigenvalue weighted by atomic mass is 14.6. The first-order valence-electron chi connectivity index (χ1n) is 8.27. The van der Waals surface area contributed by atoms with Crippen LogP contribution in [0.3, 0.4) is 0 Å². The Bertz CT molecular complexity index is 385. The maximum absolute atomic E-state index is 4.37. The lowest BCUT2D eigenvalue weighted by Gasteiger charge is -2.58.